The van der Waals surface area contributed by atoms with Crippen LogP contribution in [-0.2, 0) is 6.54 Å². The molecule has 0 atom stereocenters. The van der Waals surface area contributed by atoms with Crippen LogP contribution in [0.5, 0.6) is 0 Å². The number of aryl methyl sites for hydroxylation is 2. The van der Waals surface area contributed by atoms with E-state index in [1.165, 1.54) is 16.8 Å². The quantitative estimate of drug-likeness (QED) is 0.669. The van der Waals surface area contributed by atoms with E-state index in [1.54, 1.807) is 6.92 Å². The van der Waals surface area contributed by atoms with Crippen molar-refractivity contribution in [2.45, 2.75) is 34.2 Å². The minimum atomic E-state index is 0.427. The van der Waals surface area contributed by atoms with E-state index < -0.39 is 0 Å². The SMILES string of the molecule is CCNC(=NCc1noc(C)n1)N1CCN(c2cccc(C)c2C)CC1. The summed E-state index contributed by atoms with van der Waals surface area (Å²) in [5.74, 6) is 2.10. The highest BCUT2D eigenvalue weighted by Gasteiger charge is 2.21. The van der Waals surface area contributed by atoms with Gasteiger partial charge < -0.3 is 19.6 Å². The molecule has 1 saturated heterocycles. The summed E-state index contributed by atoms with van der Waals surface area (Å²) >= 11 is 0. The summed E-state index contributed by atoms with van der Waals surface area (Å²) in [5.41, 5.74) is 4.05. The second kappa shape index (κ2) is 8.21. The van der Waals surface area contributed by atoms with E-state index in [0.29, 0.717) is 18.3 Å². The number of aromatic nitrogens is 2. The molecule has 0 aliphatic carbocycles. The number of guanidine groups is 1. The Morgan fingerprint density at radius 1 is 1.19 bits per heavy atom. The van der Waals surface area contributed by atoms with E-state index in [1.807, 2.05) is 0 Å². The molecule has 0 spiro atoms. The third-order valence-corrected chi connectivity index (χ3v) is 4.77. The van der Waals surface area contributed by atoms with E-state index in [0.717, 1.165) is 38.7 Å². The van der Waals surface area contributed by atoms with Crippen molar-refractivity contribution in [3.05, 3.63) is 41.0 Å². The number of hydrogen-bond acceptors (Lipinski definition) is 5. The molecule has 7 nitrogen and oxygen atoms in total. The van der Waals surface area contributed by atoms with Crippen LogP contribution in [0.15, 0.2) is 27.7 Å². The summed E-state index contributed by atoms with van der Waals surface area (Å²) in [4.78, 5) is 13.7. The molecule has 26 heavy (non-hydrogen) atoms. The number of aliphatic imine (C=N–C) groups is 1. The molecular formula is C19H28N6O. The van der Waals surface area contributed by atoms with Gasteiger partial charge in [0.25, 0.3) is 0 Å². The Labute approximate surface area is 155 Å². The normalized spacial score (nSPS) is 15.5. The van der Waals surface area contributed by atoms with Gasteiger partial charge in [-0.1, -0.05) is 17.3 Å². The lowest BCUT2D eigenvalue weighted by Gasteiger charge is -2.38. The largest absolute Gasteiger partial charge is 0.368 e. The van der Waals surface area contributed by atoms with Gasteiger partial charge in [0.15, 0.2) is 11.8 Å². The van der Waals surface area contributed by atoms with Gasteiger partial charge in [-0.3, -0.25) is 0 Å². The van der Waals surface area contributed by atoms with Gasteiger partial charge in [-0.25, -0.2) is 4.99 Å². The number of hydrogen-bond donors (Lipinski definition) is 1. The Hall–Kier alpha value is -2.57. The molecule has 1 fully saturated rings. The zero-order chi connectivity index (χ0) is 18.5. The van der Waals surface area contributed by atoms with Gasteiger partial charge in [-0.2, -0.15) is 4.98 Å². The zero-order valence-electron chi connectivity index (χ0n) is 16.1. The second-order valence-corrected chi connectivity index (χ2v) is 6.59. The molecule has 0 saturated carbocycles. The van der Waals surface area contributed by atoms with E-state index in [-0.39, 0.29) is 0 Å². The van der Waals surface area contributed by atoms with Crippen LogP contribution in [0.3, 0.4) is 0 Å². The number of anilines is 1. The minimum Gasteiger partial charge on any atom is -0.368 e. The number of benzene rings is 1. The zero-order valence-corrected chi connectivity index (χ0v) is 16.1. The van der Waals surface area contributed by atoms with Crippen molar-refractivity contribution in [2.75, 3.05) is 37.6 Å². The molecule has 3 rings (SSSR count). The smallest absolute Gasteiger partial charge is 0.223 e. The molecule has 1 N–H and O–H groups in total. The molecule has 1 aliphatic rings. The van der Waals surface area contributed by atoms with Crippen LogP contribution in [0.25, 0.3) is 0 Å². The Bertz CT molecular complexity index is 761. The van der Waals surface area contributed by atoms with Crippen LogP contribution in [0, 0.1) is 20.8 Å². The van der Waals surface area contributed by atoms with Crippen LogP contribution in [0.2, 0.25) is 0 Å². The fourth-order valence-corrected chi connectivity index (χ4v) is 3.21. The lowest BCUT2D eigenvalue weighted by Crippen LogP contribution is -2.52. The van der Waals surface area contributed by atoms with Crippen LogP contribution in [-0.4, -0.2) is 53.7 Å². The maximum atomic E-state index is 5.02. The topological polar surface area (TPSA) is 69.8 Å². The Kier molecular flexibility index (Phi) is 5.75. The van der Waals surface area contributed by atoms with Gasteiger partial charge in [-0.05, 0) is 38.0 Å². The number of piperazine rings is 1. The molecular weight excluding hydrogens is 328 g/mol. The molecule has 1 aliphatic heterocycles. The number of nitrogens with zero attached hydrogens (tertiary/aromatic N) is 5. The van der Waals surface area contributed by atoms with Crippen LogP contribution in [0.4, 0.5) is 5.69 Å². The summed E-state index contributed by atoms with van der Waals surface area (Å²) in [5, 5.41) is 7.29. The first-order valence-corrected chi connectivity index (χ1v) is 9.22. The lowest BCUT2D eigenvalue weighted by molar-refractivity contribution is 0.371. The molecule has 0 radical (unpaired) electrons. The van der Waals surface area contributed by atoms with Crippen molar-refractivity contribution < 1.29 is 4.52 Å². The second-order valence-electron chi connectivity index (χ2n) is 6.59. The predicted octanol–water partition coefficient (Wildman–Crippen LogP) is 2.28. The van der Waals surface area contributed by atoms with Crippen molar-refractivity contribution >= 4 is 11.6 Å². The summed E-state index contributed by atoms with van der Waals surface area (Å²) in [6, 6.07) is 6.53. The van der Waals surface area contributed by atoms with Crippen LogP contribution >= 0.6 is 0 Å². The van der Waals surface area contributed by atoms with Gasteiger partial charge in [-0.15, -0.1) is 0 Å². The molecule has 1 aromatic heterocycles. The van der Waals surface area contributed by atoms with Gasteiger partial charge >= 0.3 is 0 Å². The summed E-state index contributed by atoms with van der Waals surface area (Å²) in [7, 11) is 0. The number of nitrogens with one attached hydrogen (secondary N) is 1. The highest BCUT2D eigenvalue weighted by molar-refractivity contribution is 5.80. The van der Waals surface area contributed by atoms with Gasteiger partial charge in [0.1, 0.15) is 6.54 Å². The summed E-state index contributed by atoms with van der Waals surface area (Å²) in [6.07, 6.45) is 0. The van der Waals surface area contributed by atoms with Crippen LogP contribution < -0.4 is 10.2 Å². The Morgan fingerprint density at radius 3 is 2.62 bits per heavy atom. The summed E-state index contributed by atoms with van der Waals surface area (Å²) in [6.45, 7) is 13.3. The number of rotatable bonds is 4. The van der Waals surface area contributed by atoms with Crippen molar-refractivity contribution in [1.82, 2.24) is 20.4 Å². The Morgan fingerprint density at radius 2 is 1.96 bits per heavy atom. The van der Waals surface area contributed by atoms with Crippen molar-refractivity contribution in [1.29, 1.82) is 0 Å². The fourth-order valence-electron chi connectivity index (χ4n) is 3.21. The van der Waals surface area contributed by atoms with Crippen molar-refractivity contribution in [3.63, 3.8) is 0 Å². The first-order chi connectivity index (χ1) is 12.6. The van der Waals surface area contributed by atoms with Crippen molar-refractivity contribution in [3.8, 4) is 0 Å². The molecule has 2 aromatic rings. The average molecular weight is 356 g/mol. The first-order valence-electron chi connectivity index (χ1n) is 9.22. The fraction of sp³-hybridized carbons (Fsp3) is 0.526. The van der Waals surface area contributed by atoms with Crippen LogP contribution in [0.1, 0.15) is 29.8 Å². The lowest BCUT2D eigenvalue weighted by atomic mass is 10.1. The maximum absolute atomic E-state index is 5.02. The molecule has 7 heteroatoms. The highest BCUT2D eigenvalue weighted by atomic mass is 16.5. The van der Waals surface area contributed by atoms with E-state index in [4.69, 9.17) is 4.52 Å². The standard InChI is InChI=1S/C19H28N6O/c1-5-20-19(21-13-18-22-16(4)26-23-18)25-11-9-24(10-12-25)17-8-6-7-14(2)15(17)3/h6-8H,5,9-13H2,1-4H3,(H,20,21). The molecule has 2 heterocycles. The van der Waals surface area contributed by atoms with Gasteiger partial charge in [0.05, 0.1) is 0 Å². The predicted molar refractivity (Wildman–Crippen MR) is 104 cm³/mol. The monoisotopic (exact) mass is 356 g/mol. The molecule has 0 unspecified atom stereocenters. The highest BCUT2D eigenvalue weighted by Crippen LogP contribution is 2.23. The molecule has 0 amide bonds. The third-order valence-electron chi connectivity index (χ3n) is 4.77. The van der Waals surface area contributed by atoms with Crippen molar-refractivity contribution in [2.24, 2.45) is 4.99 Å². The van der Waals surface area contributed by atoms with E-state index in [2.05, 4.69) is 69.2 Å². The minimum absolute atomic E-state index is 0.427. The van der Waals surface area contributed by atoms with Gasteiger partial charge in [0, 0.05) is 45.3 Å². The van der Waals surface area contributed by atoms with E-state index in [9.17, 15) is 0 Å². The Balaban J connectivity index is 1.65. The molecule has 140 valence electrons. The molecule has 1 aromatic carbocycles. The first kappa shape index (κ1) is 18.2. The molecule has 0 bridgehead atoms. The third kappa shape index (κ3) is 4.15. The maximum Gasteiger partial charge on any atom is 0.223 e. The average Bonchev–Trinajstić information content (AvgIpc) is 3.06. The van der Waals surface area contributed by atoms with E-state index >= 15 is 0 Å². The van der Waals surface area contributed by atoms with Gasteiger partial charge in [0.2, 0.25) is 5.89 Å². The summed E-state index contributed by atoms with van der Waals surface area (Å²) < 4.78 is 5.02.